The molecule has 2 rings (SSSR count). The number of nitrogens with two attached hydrogens (primary N) is 1. The van der Waals surface area contributed by atoms with Crippen LogP contribution in [0.1, 0.15) is 19.8 Å². The van der Waals surface area contributed by atoms with Crippen LogP contribution in [0.5, 0.6) is 0 Å². The van der Waals surface area contributed by atoms with Crippen molar-refractivity contribution < 1.29 is 4.74 Å². The predicted octanol–water partition coefficient (Wildman–Crippen LogP) is 3.04. The van der Waals surface area contributed by atoms with E-state index in [9.17, 15) is 0 Å². The zero-order valence-corrected chi connectivity index (χ0v) is 11.7. The van der Waals surface area contributed by atoms with Gasteiger partial charge in [-0.25, -0.2) is 0 Å². The van der Waals surface area contributed by atoms with Crippen LogP contribution in [0.15, 0.2) is 22.7 Å². The molecule has 94 valence electrons. The zero-order valence-electron chi connectivity index (χ0n) is 10.2. The first-order valence-corrected chi connectivity index (χ1v) is 6.91. The lowest BCUT2D eigenvalue weighted by Crippen LogP contribution is -2.40. The fourth-order valence-corrected chi connectivity index (χ4v) is 2.72. The number of nitrogen functional groups attached to an aromatic ring is 1. The first-order valence-electron chi connectivity index (χ1n) is 6.12. The number of hydrogen-bond acceptors (Lipinski definition) is 3. The van der Waals surface area contributed by atoms with Crippen molar-refractivity contribution in [2.75, 3.05) is 30.3 Å². The molecular formula is C13H19BrN2O. The van der Waals surface area contributed by atoms with E-state index < -0.39 is 0 Å². The van der Waals surface area contributed by atoms with Crippen LogP contribution < -0.4 is 10.6 Å². The average Bonchev–Trinajstić information content (AvgIpc) is 2.29. The third-order valence-electron chi connectivity index (χ3n) is 3.11. The summed E-state index contributed by atoms with van der Waals surface area (Å²) in [7, 11) is 0. The molecule has 0 saturated carbocycles. The highest BCUT2D eigenvalue weighted by molar-refractivity contribution is 9.10. The van der Waals surface area contributed by atoms with E-state index in [1.807, 2.05) is 19.1 Å². The Morgan fingerprint density at radius 3 is 3.06 bits per heavy atom. The maximum atomic E-state index is 6.06. The molecule has 1 heterocycles. The van der Waals surface area contributed by atoms with Crippen LogP contribution >= 0.6 is 15.9 Å². The van der Waals surface area contributed by atoms with Crippen LogP contribution in [0.25, 0.3) is 0 Å². The van der Waals surface area contributed by atoms with Gasteiger partial charge < -0.3 is 15.4 Å². The summed E-state index contributed by atoms with van der Waals surface area (Å²) in [6.45, 7) is 4.84. The molecule has 0 spiro atoms. The summed E-state index contributed by atoms with van der Waals surface area (Å²) in [6.07, 6.45) is 2.66. The van der Waals surface area contributed by atoms with E-state index in [2.05, 4.69) is 26.9 Å². The molecular weight excluding hydrogens is 280 g/mol. The number of halogens is 1. The van der Waals surface area contributed by atoms with E-state index in [1.165, 1.54) is 6.42 Å². The lowest BCUT2D eigenvalue weighted by molar-refractivity contribution is 0.0527. The van der Waals surface area contributed by atoms with Crippen molar-refractivity contribution in [2.45, 2.75) is 25.9 Å². The molecule has 3 nitrogen and oxygen atoms in total. The maximum absolute atomic E-state index is 6.06. The van der Waals surface area contributed by atoms with Gasteiger partial charge in [-0.15, -0.1) is 0 Å². The number of piperidine rings is 1. The Kier molecular flexibility index (Phi) is 4.29. The number of rotatable bonds is 3. The smallest absolute Gasteiger partial charge is 0.0750 e. The number of ether oxygens (including phenoxy) is 1. The second-order valence-electron chi connectivity index (χ2n) is 4.37. The Morgan fingerprint density at radius 1 is 1.53 bits per heavy atom. The molecule has 2 N–H and O–H groups in total. The van der Waals surface area contributed by atoms with Crippen LogP contribution in [-0.2, 0) is 4.74 Å². The van der Waals surface area contributed by atoms with Gasteiger partial charge in [0, 0.05) is 24.2 Å². The highest BCUT2D eigenvalue weighted by Crippen LogP contribution is 2.29. The molecule has 0 amide bonds. The summed E-state index contributed by atoms with van der Waals surface area (Å²) in [5, 5.41) is 0. The van der Waals surface area contributed by atoms with E-state index in [4.69, 9.17) is 10.5 Å². The van der Waals surface area contributed by atoms with Crippen molar-refractivity contribution in [1.29, 1.82) is 0 Å². The molecule has 17 heavy (non-hydrogen) atoms. The quantitative estimate of drug-likeness (QED) is 0.872. The van der Waals surface area contributed by atoms with Crippen molar-refractivity contribution in [2.24, 2.45) is 0 Å². The van der Waals surface area contributed by atoms with Crippen molar-refractivity contribution >= 4 is 27.3 Å². The minimum Gasteiger partial charge on any atom is -0.397 e. The lowest BCUT2D eigenvalue weighted by atomic mass is 10.1. The van der Waals surface area contributed by atoms with Gasteiger partial charge in [-0.2, -0.15) is 0 Å². The van der Waals surface area contributed by atoms with Gasteiger partial charge in [0.15, 0.2) is 0 Å². The minimum atomic E-state index is 0.344. The summed E-state index contributed by atoms with van der Waals surface area (Å²) >= 11 is 3.43. The largest absolute Gasteiger partial charge is 0.397 e. The first kappa shape index (κ1) is 12.7. The fraction of sp³-hybridized carbons (Fsp3) is 0.538. The maximum Gasteiger partial charge on any atom is 0.0750 e. The summed E-state index contributed by atoms with van der Waals surface area (Å²) < 4.78 is 6.73. The summed E-state index contributed by atoms with van der Waals surface area (Å²) in [6, 6.07) is 6.07. The average molecular weight is 299 g/mol. The Labute approximate surface area is 111 Å². The second-order valence-corrected chi connectivity index (χ2v) is 5.28. The topological polar surface area (TPSA) is 38.5 Å². The van der Waals surface area contributed by atoms with Crippen molar-refractivity contribution in [1.82, 2.24) is 0 Å². The van der Waals surface area contributed by atoms with Crippen molar-refractivity contribution in [3.63, 3.8) is 0 Å². The molecule has 1 aliphatic heterocycles. The van der Waals surface area contributed by atoms with E-state index in [1.54, 1.807) is 0 Å². The second kappa shape index (κ2) is 5.74. The van der Waals surface area contributed by atoms with Crippen LogP contribution in [0.4, 0.5) is 11.4 Å². The first-order chi connectivity index (χ1) is 8.20. The zero-order chi connectivity index (χ0) is 12.3. The molecule has 1 aliphatic rings. The lowest BCUT2D eigenvalue weighted by Gasteiger charge is -2.34. The van der Waals surface area contributed by atoms with Crippen molar-refractivity contribution in [3.8, 4) is 0 Å². The third-order valence-corrected chi connectivity index (χ3v) is 3.60. The summed E-state index contributed by atoms with van der Waals surface area (Å²) in [5.74, 6) is 0. The molecule has 0 bridgehead atoms. The Balaban J connectivity index is 2.10. The SMILES string of the molecule is CCOC1CCCN(c2ccc(Br)cc2N)C1. The molecule has 1 aromatic rings. The highest BCUT2D eigenvalue weighted by atomic mass is 79.9. The van der Waals surface area contributed by atoms with Crippen LogP contribution in [0.3, 0.4) is 0 Å². The van der Waals surface area contributed by atoms with E-state index in [-0.39, 0.29) is 0 Å². The van der Waals surface area contributed by atoms with Gasteiger partial charge >= 0.3 is 0 Å². The van der Waals surface area contributed by atoms with Crippen LogP contribution in [0.2, 0.25) is 0 Å². The van der Waals surface area contributed by atoms with Crippen LogP contribution in [0, 0.1) is 0 Å². The molecule has 1 saturated heterocycles. The van der Waals surface area contributed by atoms with Gasteiger partial charge in [-0.1, -0.05) is 15.9 Å². The Morgan fingerprint density at radius 2 is 2.35 bits per heavy atom. The predicted molar refractivity (Wildman–Crippen MR) is 75.4 cm³/mol. The van der Waals surface area contributed by atoms with Gasteiger partial charge in [0.05, 0.1) is 17.5 Å². The summed E-state index contributed by atoms with van der Waals surface area (Å²) in [4.78, 5) is 2.33. The number of nitrogens with zero attached hydrogens (tertiary/aromatic N) is 1. The Hall–Kier alpha value is -0.740. The number of anilines is 2. The molecule has 0 aliphatic carbocycles. The fourth-order valence-electron chi connectivity index (χ4n) is 2.34. The van der Waals surface area contributed by atoms with Gasteiger partial charge in [0.2, 0.25) is 0 Å². The molecule has 0 aromatic heterocycles. The minimum absolute atomic E-state index is 0.344. The molecule has 1 fully saturated rings. The summed E-state index contributed by atoms with van der Waals surface area (Å²) in [5.41, 5.74) is 8.01. The monoisotopic (exact) mass is 298 g/mol. The number of benzene rings is 1. The van der Waals surface area contributed by atoms with Gasteiger partial charge in [0.1, 0.15) is 0 Å². The highest BCUT2D eigenvalue weighted by Gasteiger charge is 2.21. The molecule has 1 atom stereocenters. The van der Waals surface area contributed by atoms with Gasteiger partial charge in [0.25, 0.3) is 0 Å². The number of hydrogen-bond donors (Lipinski definition) is 1. The van der Waals surface area contributed by atoms with Gasteiger partial charge in [-0.05, 0) is 38.0 Å². The Bertz CT molecular complexity index is 382. The third kappa shape index (κ3) is 3.13. The molecule has 1 aromatic carbocycles. The molecule has 4 heteroatoms. The molecule has 1 unspecified atom stereocenters. The van der Waals surface area contributed by atoms with Crippen LogP contribution in [-0.4, -0.2) is 25.8 Å². The van der Waals surface area contributed by atoms with Gasteiger partial charge in [-0.3, -0.25) is 0 Å². The van der Waals surface area contributed by atoms with E-state index in [0.717, 1.165) is 42.0 Å². The normalized spacial score (nSPS) is 20.6. The van der Waals surface area contributed by atoms with E-state index >= 15 is 0 Å². The van der Waals surface area contributed by atoms with E-state index in [0.29, 0.717) is 6.10 Å². The molecule has 0 radical (unpaired) electrons. The van der Waals surface area contributed by atoms with Crippen molar-refractivity contribution in [3.05, 3.63) is 22.7 Å². The standard InChI is InChI=1S/C13H19BrN2O/c1-2-17-11-4-3-7-16(9-11)13-6-5-10(14)8-12(13)15/h5-6,8,11H,2-4,7,9,15H2,1H3.